The van der Waals surface area contributed by atoms with Gasteiger partial charge in [-0.15, -0.1) is 0 Å². The Labute approximate surface area is 272 Å². The zero-order chi connectivity index (χ0) is 33.4. The van der Waals surface area contributed by atoms with Crippen LogP contribution in [0.2, 0.25) is 0 Å². The number of methoxy groups -OCH3 is 3. The molecule has 2 heterocycles. The van der Waals surface area contributed by atoms with Crippen LogP contribution in [0.3, 0.4) is 0 Å². The van der Waals surface area contributed by atoms with Crippen molar-refractivity contribution in [1.29, 1.82) is 0 Å². The predicted octanol–water partition coefficient (Wildman–Crippen LogP) is 5.57. The highest BCUT2D eigenvalue weighted by Crippen LogP contribution is 2.46. The fourth-order valence-electron chi connectivity index (χ4n) is 6.37. The van der Waals surface area contributed by atoms with Crippen molar-refractivity contribution in [3.05, 3.63) is 139 Å². The van der Waals surface area contributed by atoms with Crippen molar-refractivity contribution in [2.24, 2.45) is 11.0 Å². The summed E-state index contributed by atoms with van der Waals surface area (Å²) in [7, 11) is 4.81. The van der Waals surface area contributed by atoms with E-state index in [0.29, 0.717) is 24.3 Å². The lowest BCUT2D eigenvalue weighted by molar-refractivity contribution is -0.140. The minimum atomic E-state index is -1.15. The van der Waals surface area contributed by atoms with Crippen LogP contribution in [0.5, 0.6) is 11.5 Å². The molecule has 12 nitrogen and oxygen atoms in total. The van der Waals surface area contributed by atoms with E-state index in [1.807, 2.05) is 85.8 Å². The Morgan fingerprint density at radius 1 is 0.915 bits per heavy atom. The molecule has 1 N–H and O–H groups in total. The molecule has 1 aromatic heterocycles. The Balaban J connectivity index is 1.68. The Hall–Kier alpha value is -4.87. The van der Waals surface area contributed by atoms with E-state index in [2.05, 4.69) is 15.0 Å². The van der Waals surface area contributed by atoms with Crippen molar-refractivity contribution in [2.75, 3.05) is 27.9 Å². The monoisotopic (exact) mass is 641 g/mol. The Morgan fingerprint density at radius 2 is 1.51 bits per heavy atom. The van der Waals surface area contributed by atoms with Crippen LogP contribution in [0, 0.1) is 5.92 Å². The standard InChI is InChI=1S/C35H39N5O7/c1-23-31(46-33(32(23)45-4)40-22-20-30(41)38-34(40)42)29(11-8-21-37-39-36)47-35(24-9-6-5-7-10-24,25-12-16-27(43-2)17-13-25)26-14-18-28(44-3)19-15-26/h5-7,9-10,12-20,22-23,29,31-33H,8,11,21H2,1-4H3,(H,38,41,42)/t23?,29-,31+,32+,33-/m1/s1. The highest BCUT2D eigenvalue weighted by molar-refractivity contribution is 5.50. The van der Waals surface area contributed by atoms with E-state index in [1.165, 1.54) is 16.8 Å². The van der Waals surface area contributed by atoms with E-state index < -0.39 is 41.4 Å². The molecule has 1 aliphatic rings. The van der Waals surface area contributed by atoms with E-state index >= 15 is 0 Å². The first-order chi connectivity index (χ1) is 22.9. The van der Waals surface area contributed by atoms with Gasteiger partial charge in [0.1, 0.15) is 23.2 Å². The molecule has 0 radical (unpaired) electrons. The summed E-state index contributed by atoms with van der Waals surface area (Å²) in [6.45, 7) is 2.25. The van der Waals surface area contributed by atoms with E-state index in [4.69, 9.17) is 29.2 Å². The number of hydrogen-bond acceptors (Lipinski definition) is 8. The van der Waals surface area contributed by atoms with Gasteiger partial charge in [0.15, 0.2) is 6.23 Å². The van der Waals surface area contributed by atoms with Gasteiger partial charge in [0.25, 0.3) is 5.56 Å². The molecule has 3 aromatic carbocycles. The van der Waals surface area contributed by atoms with Gasteiger partial charge in [-0.3, -0.25) is 14.3 Å². The second-order valence-corrected chi connectivity index (χ2v) is 11.3. The maximum Gasteiger partial charge on any atom is 0.330 e. The van der Waals surface area contributed by atoms with Crippen LogP contribution < -0.4 is 20.7 Å². The van der Waals surface area contributed by atoms with Crippen LogP contribution in [0.4, 0.5) is 0 Å². The van der Waals surface area contributed by atoms with Gasteiger partial charge in [0.05, 0.1) is 26.4 Å². The first-order valence-electron chi connectivity index (χ1n) is 15.4. The predicted molar refractivity (Wildman–Crippen MR) is 176 cm³/mol. The molecule has 47 heavy (non-hydrogen) atoms. The van der Waals surface area contributed by atoms with Crippen LogP contribution in [-0.4, -0.2) is 55.7 Å². The molecule has 12 heteroatoms. The fourth-order valence-corrected chi connectivity index (χ4v) is 6.37. The van der Waals surface area contributed by atoms with Crippen LogP contribution in [0.25, 0.3) is 10.4 Å². The molecule has 0 bridgehead atoms. The second-order valence-electron chi connectivity index (χ2n) is 11.3. The van der Waals surface area contributed by atoms with Crippen LogP contribution in [-0.2, 0) is 19.8 Å². The van der Waals surface area contributed by atoms with Gasteiger partial charge in [-0.25, -0.2) is 4.79 Å². The number of ether oxygens (including phenoxy) is 5. The second kappa shape index (κ2) is 15.1. The average Bonchev–Trinajstić information content (AvgIpc) is 3.44. The summed E-state index contributed by atoms with van der Waals surface area (Å²) in [6.07, 6.45) is -0.163. The molecule has 4 aromatic rings. The van der Waals surface area contributed by atoms with Gasteiger partial charge in [-0.05, 0) is 59.3 Å². The molecule has 0 amide bonds. The van der Waals surface area contributed by atoms with E-state index in [-0.39, 0.29) is 12.5 Å². The lowest BCUT2D eigenvalue weighted by Gasteiger charge is -2.41. The smallest absolute Gasteiger partial charge is 0.330 e. The van der Waals surface area contributed by atoms with Crippen molar-refractivity contribution in [2.45, 2.75) is 49.9 Å². The highest BCUT2D eigenvalue weighted by atomic mass is 16.6. The number of benzene rings is 3. The third-order valence-electron chi connectivity index (χ3n) is 8.69. The van der Waals surface area contributed by atoms with Crippen molar-refractivity contribution >= 4 is 0 Å². The minimum absolute atomic E-state index is 0.256. The Bertz CT molecular complexity index is 1720. The topological polar surface area (TPSA) is 150 Å². The quantitative estimate of drug-likeness (QED) is 0.0622. The molecule has 5 atom stereocenters. The zero-order valence-electron chi connectivity index (χ0n) is 26.8. The maximum absolute atomic E-state index is 12.9. The first kappa shape index (κ1) is 33.5. The third-order valence-corrected chi connectivity index (χ3v) is 8.69. The lowest BCUT2D eigenvalue weighted by atomic mass is 9.79. The zero-order valence-corrected chi connectivity index (χ0v) is 26.8. The SMILES string of the molecule is COc1ccc(C(O[C@H](CCCN=[N+]=[N-])[C@H]2O[C@@H](n3ccc(=O)[nH]c3=O)[C@@H](OC)C2C)(c2ccccc2)c2ccc(OC)cc2)cc1. The summed E-state index contributed by atoms with van der Waals surface area (Å²) in [4.78, 5) is 30.0. The number of azide groups is 1. The van der Waals surface area contributed by atoms with E-state index in [0.717, 1.165) is 16.7 Å². The van der Waals surface area contributed by atoms with Crippen molar-refractivity contribution in [3.8, 4) is 11.5 Å². The number of aromatic nitrogens is 2. The number of H-pyrrole nitrogens is 1. The highest BCUT2D eigenvalue weighted by Gasteiger charge is 2.50. The van der Waals surface area contributed by atoms with Gasteiger partial charge < -0.3 is 23.7 Å². The normalized spacial score (nSPS) is 19.9. The van der Waals surface area contributed by atoms with Crippen LogP contribution >= 0.6 is 0 Å². The van der Waals surface area contributed by atoms with Crippen molar-refractivity contribution in [3.63, 3.8) is 0 Å². The van der Waals surface area contributed by atoms with Gasteiger partial charge in [0, 0.05) is 36.7 Å². The van der Waals surface area contributed by atoms with E-state index in [1.54, 1.807) is 21.3 Å². The molecular formula is C35H39N5O7. The number of aromatic amines is 1. The summed E-state index contributed by atoms with van der Waals surface area (Å²) in [5, 5.41) is 3.76. The maximum atomic E-state index is 12.9. The first-order valence-corrected chi connectivity index (χ1v) is 15.4. The Kier molecular flexibility index (Phi) is 10.8. The van der Waals surface area contributed by atoms with Gasteiger partial charge >= 0.3 is 5.69 Å². The van der Waals surface area contributed by atoms with Crippen molar-refractivity contribution < 1.29 is 23.7 Å². The minimum Gasteiger partial charge on any atom is -0.497 e. The summed E-state index contributed by atoms with van der Waals surface area (Å²) in [5.74, 6) is 1.14. The summed E-state index contributed by atoms with van der Waals surface area (Å²) in [6, 6.07) is 26.7. The van der Waals surface area contributed by atoms with E-state index in [9.17, 15) is 9.59 Å². The van der Waals surface area contributed by atoms with Crippen LogP contribution in [0.15, 0.2) is 106 Å². The molecule has 1 aliphatic heterocycles. The Morgan fingerprint density at radius 3 is 2.04 bits per heavy atom. The molecule has 0 saturated carbocycles. The number of hydrogen-bond donors (Lipinski definition) is 1. The van der Waals surface area contributed by atoms with Gasteiger partial charge in [-0.1, -0.05) is 66.6 Å². The summed E-state index contributed by atoms with van der Waals surface area (Å²) >= 11 is 0. The average molecular weight is 642 g/mol. The molecule has 0 aliphatic carbocycles. The van der Waals surface area contributed by atoms with Crippen molar-refractivity contribution in [1.82, 2.24) is 9.55 Å². The molecule has 1 fully saturated rings. The molecule has 1 unspecified atom stereocenters. The lowest BCUT2D eigenvalue weighted by Crippen LogP contribution is -2.43. The molecule has 1 saturated heterocycles. The number of nitrogens with one attached hydrogen (secondary N) is 1. The largest absolute Gasteiger partial charge is 0.497 e. The molecule has 246 valence electrons. The van der Waals surface area contributed by atoms with Crippen LogP contribution in [0.1, 0.15) is 42.7 Å². The molecule has 0 spiro atoms. The number of rotatable bonds is 14. The third kappa shape index (κ3) is 6.96. The molecular weight excluding hydrogens is 602 g/mol. The fraction of sp³-hybridized carbons (Fsp3) is 0.371. The summed E-state index contributed by atoms with van der Waals surface area (Å²) in [5.41, 5.74) is 9.29. The van der Waals surface area contributed by atoms with Gasteiger partial charge in [-0.2, -0.15) is 0 Å². The number of nitrogens with zero attached hydrogens (tertiary/aromatic N) is 4. The molecule has 5 rings (SSSR count). The summed E-state index contributed by atoms with van der Waals surface area (Å²) < 4.78 is 32.4. The van der Waals surface area contributed by atoms with Gasteiger partial charge in [0.2, 0.25) is 0 Å².